The van der Waals surface area contributed by atoms with E-state index in [1.807, 2.05) is 24.3 Å². The van der Waals surface area contributed by atoms with Crippen LogP contribution in [0.2, 0.25) is 0 Å². The molecule has 0 aromatic heterocycles. The normalized spacial score (nSPS) is 10.7. The summed E-state index contributed by atoms with van der Waals surface area (Å²) in [6, 6.07) is 19.9. The van der Waals surface area contributed by atoms with Crippen molar-refractivity contribution in [3.05, 3.63) is 95.8 Å². The number of aromatic carboxylic acids is 1. The summed E-state index contributed by atoms with van der Waals surface area (Å²) in [7, 11) is 0. The lowest BCUT2D eigenvalue weighted by Crippen LogP contribution is -2.11. The highest BCUT2D eigenvalue weighted by Crippen LogP contribution is 2.20. The topological polar surface area (TPSA) is 66.4 Å². The van der Waals surface area contributed by atoms with Gasteiger partial charge in [-0.1, -0.05) is 48.5 Å². The lowest BCUT2D eigenvalue weighted by Gasteiger charge is -2.06. The van der Waals surface area contributed by atoms with Gasteiger partial charge in [-0.3, -0.25) is 4.79 Å². The van der Waals surface area contributed by atoms with E-state index in [0.717, 1.165) is 16.7 Å². The van der Waals surface area contributed by atoms with Gasteiger partial charge in [-0.15, -0.1) is 0 Å². The summed E-state index contributed by atoms with van der Waals surface area (Å²) in [6.45, 7) is 0. The molecule has 134 valence electrons. The van der Waals surface area contributed by atoms with Gasteiger partial charge in [-0.25, -0.2) is 9.18 Å². The third-order valence-electron chi connectivity index (χ3n) is 3.93. The van der Waals surface area contributed by atoms with Gasteiger partial charge in [0.25, 0.3) is 0 Å². The number of amides is 1. The Kier molecular flexibility index (Phi) is 5.42. The Bertz CT molecular complexity index is 993. The zero-order chi connectivity index (χ0) is 19.2. The Morgan fingerprint density at radius 2 is 1.44 bits per heavy atom. The molecule has 3 aromatic rings. The summed E-state index contributed by atoms with van der Waals surface area (Å²) in [6.07, 6.45) is 2.97. The van der Waals surface area contributed by atoms with Crippen molar-refractivity contribution in [1.29, 1.82) is 0 Å². The lowest BCUT2D eigenvalue weighted by atomic mass is 10.0. The molecule has 0 saturated carbocycles. The monoisotopic (exact) mass is 361 g/mol. The predicted octanol–water partition coefficient (Wildman–Crippen LogP) is 4.84. The summed E-state index contributed by atoms with van der Waals surface area (Å²) < 4.78 is 13.0. The van der Waals surface area contributed by atoms with Crippen LogP contribution in [-0.2, 0) is 4.79 Å². The molecule has 2 N–H and O–H groups in total. The number of anilines is 1. The number of carbonyl (C=O) groups is 2. The van der Waals surface area contributed by atoms with Crippen molar-refractivity contribution in [3.63, 3.8) is 0 Å². The second-order valence-electron chi connectivity index (χ2n) is 5.80. The molecule has 3 aromatic carbocycles. The van der Waals surface area contributed by atoms with Crippen LogP contribution in [0.25, 0.3) is 17.2 Å². The minimum Gasteiger partial charge on any atom is -0.478 e. The minimum atomic E-state index is -1.11. The SMILES string of the molecule is O=C(/C=C/c1ccc(-c2ccc(F)cc2)cc1)Nc1ccccc1C(=O)O. The molecular formula is C22H16FNO3. The Morgan fingerprint density at radius 1 is 0.852 bits per heavy atom. The molecule has 5 heteroatoms. The summed E-state index contributed by atoms with van der Waals surface area (Å²) in [4.78, 5) is 23.2. The first-order chi connectivity index (χ1) is 13.0. The van der Waals surface area contributed by atoms with Gasteiger partial charge in [0.15, 0.2) is 0 Å². The van der Waals surface area contributed by atoms with Crippen molar-refractivity contribution in [2.24, 2.45) is 0 Å². The maximum Gasteiger partial charge on any atom is 0.337 e. The van der Waals surface area contributed by atoms with Gasteiger partial charge in [-0.05, 0) is 47.0 Å². The molecule has 0 bridgehead atoms. The first-order valence-corrected chi connectivity index (χ1v) is 8.20. The third kappa shape index (κ3) is 4.67. The number of carboxylic acids is 1. The number of para-hydroxylation sites is 1. The molecule has 0 saturated heterocycles. The number of rotatable bonds is 5. The fourth-order valence-electron chi connectivity index (χ4n) is 2.55. The van der Waals surface area contributed by atoms with Crippen molar-refractivity contribution in [2.75, 3.05) is 5.32 Å². The average Bonchev–Trinajstić information content (AvgIpc) is 2.68. The van der Waals surface area contributed by atoms with Crippen LogP contribution in [0, 0.1) is 5.82 Å². The maximum absolute atomic E-state index is 13.0. The maximum atomic E-state index is 13.0. The highest BCUT2D eigenvalue weighted by Gasteiger charge is 2.10. The van der Waals surface area contributed by atoms with E-state index in [9.17, 15) is 14.0 Å². The van der Waals surface area contributed by atoms with Crippen LogP contribution >= 0.6 is 0 Å². The van der Waals surface area contributed by atoms with Gasteiger partial charge < -0.3 is 10.4 Å². The number of nitrogens with one attached hydrogen (secondary N) is 1. The summed E-state index contributed by atoms with van der Waals surface area (Å²) in [5.74, 6) is -1.81. The second kappa shape index (κ2) is 8.10. The lowest BCUT2D eigenvalue weighted by molar-refractivity contribution is -0.111. The standard InChI is InChI=1S/C22H16FNO3/c23-18-12-10-17(11-13-18)16-8-5-15(6-9-16)7-14-21(25)24-20-4-2-1-3-19(20)22(26)27/h1-14H,(H,24,25)(H,26,27)/b14-7+. The van der Waals surface area contributed by atoms with E-state index in [4.69, 9.17) is 5.11 Å². The van der Waals surface area contributed by atoms with Crippen molar-refractivity contribution >= 4 is 23.6 Å². The van der Waals surface area contributed by atoms with E-state index in [-0.39, 0.29) is 17.1 Å². The number of hydrogen-bond acceptors (Lipinski definition) is 2. The highest BCUT2D eigenvalue weighted by molar-refractivity contribution is 6.06. The van der Waals surface area contributed by atoms with Gasteiger partial charge in [0.2, 0.25) is 5.91 Å². The van der Waals surface area contributed by atoms with Crippen molar-refractivity contribution in [3.8, 4) is 11.1 Å². The van der Waals surface area contributed by atoms with E-state index in [1.165, 1.54) is 30.3 Å². The molecule has 0 radical (unpaired) electrons. The fourth-order valence-corrected chi connectivity index (χ4v) is 2.55. The van der Waals surface area contributed by atoms with E-state index in [0.29, 0.717) is 0 Å². The number of carbonyl (C=O) groups excluding carboxylic acids is 1. The molecular weight excluding hydrogens is 345 g/mol. The summed E-state index contributed by atoms with van der Waals surface area (Å²) in [5, 5.41) is 11.7. The largest absolute Gasteiger partial charge is 0.478 e. The molecule has 0 aliphatic rings. The number of hydrogen-bond donors (Lipinski definition) is 2. The Morgan fingerprint density at radius 3 is 2.07 bits per heavy atom. The van der Waals surface area contributed by atoms with Crippen LogP contribution in [0.4, 0.5) is 10.1 Å². The fraction of sp³-hybridized carbons (Fsp3) is 0. The molecule has 0 aliphatic carbocycles. The summed E-state index contributed by atoms with van der Waals surface area (Å²) >= 11 is 0. The molecule has 0 unspecified atom stereocenters. The molecule has 1 amide bonds. The number of benzene rings is 3. The van der Waals surface area contributed by atoms with E-state index in [1.54, 1.807) is 30.3 Å². The van der Waals surface area contributed by atoms with Crippen molar-refractivity contribution in [2.45, 2.75) is 0 Å². The van der Waals surface area contributed by atoms with Crippen LogP contribution in [0.15, 0.2) is 78.9 Å². The smallest absolute Gasteiger partial charge is 0.337 e. The molecule has 3 rings (SSSR count). The van der Waals surface area contributed by atoms with Gasteiger partial charge in [0, 0.05) is 6.08 Å². The first-order valence-electron chi connectivity index (χ1n) is 8.20. The van der Waals surface area contributed by atoms with Crippen LogP contribution in [0.1, 0.15) is 15.9 Å². The molecule has 0 atom stereocenters. The second-order valence-corrected chi connectivity index (χ2v) is 5.80. The Labute approximate surface area is 155 Å². The van der Waals surface area contributed by atoms with Crippen LogP contribution in [0.5, 0.6) is 0 Å². The minimum absolute atomic E-state index is 0.0305. The molecule has 0 heterocycles. The average molecular weight is 361 g/mol. The van der Waals surface area contributed by atoms with Crippen LogP contribution in [0.3, 0.4) is 0 Å². The van der Waals surface area contributed by atoms with Crippen LogP contribution in [-0.4, -0.2) is 17.0 Å². The molecule has 0 aliphatic heterocycles. The Hall–Kier alpha value is -3.73. The third-order valence-corrected chi connectivity index (χ3v) is 3.93. The number of halogens is 1. The summed E-state index contributed by atoms with van der Waals surface area (Å²) in [5.41, 5.74) is 2.92. The molecule has 27 heavy (non-hydrogen) atoms. The van der Waals surface area contributed by atoms with Gasteiger partial charge in [-0.2, -0.15) is 0 Å². The number of carboxylic acid groups (broad SMARTS) is 1. The van der Waals surface area contributed by atoms with Crippen molar-refractivity contribution in [1.82, 2.24) is 0 Å². The van der Waals surface area contributed by atoms with E-state index < -0.39 is 11.9 Å². The van der Waals surface area contributed by atoms with E-state index >= 15 is 0 Å². The molecule has 0 fully saturated rings. The zero-order valence-electron chi connectivity index (χ0n) is 14.2. The Balaban J connectivity index is 1.68. The van der Waals surface area contributed by atoms with Gasteiger partial charge in [0.05, 0.1) is 11.3 Å². The van der Waals surface area contributed by atoms with Gasteiger partial charge >= 0.3 is 5.97 Å². The van der Waals surface area contributed by atoms with E-state index in [2.05, 4.69) is 5.32 Å². The molecule has 0 spiro atoms. The first kappa shape index (κ1) is 18.1. The van der Waals surface area contributed by atoms with Gasteiger partial charge in [0.1, 0.15) is 5.82 Å². The molecule has 4 nitrogen and oxygen atoms in total. The zero-order valence-corrected chi connectivity index (χ0v) is 14.2. The quantitative estimate of drug-likeness (QED) is 0.639. The predicted molar refractivity (Wildman–Crippen MR) is 103 cm³/mol. The highest BCUT2D eigenvalue weighted by atomic mass is 19.1. The van der Waals surface area contributed by atoms with Crippen LogP contribution < -0.4 is 5.32 Å². The van der Waals surface area contributed by atoms with Crippen molar-refractivity contribution < 1.29 is 19.1 Å².